The number of carbonyl (C=O) groups excluding carboxylic acids is 2. The van der Waals surface area contributed by atoms with E-state index in [2.05, 4.69) is 14.2 Å². The largest absolute Gasteiger partial charge is 0.510 e. The molecule has 0 rings (SSSR count). The Labute approximate surface area is 74.8 Å². The third-order valence-electron chi connectivity index (χ3n) is 1.05. The first-order valence-electron chi connectivity index (χ1n) is 3.64. The van der Waals surface area contributed by atoms with E-state index in [1.165, 1.54) is 0 Å². The minimum Gasteiger partial charge on any atom is -0.459 e. The van der Waals surface area contributed by atoms with Gasteiger partial charge in [-0.05, 0) is 0 Å². The Balaban J connectivity index is 3.56. The van der Waals surface area contributed by atoms with Crippen LogP contribution in [-0.4, -0.2) is 32.2 Å². The van der Waals surface area contributed by atoms with Gasteiger partial charge in [-0.25, -0.2) is 4.79 Å². The fraction of sp³-hybridized carbons (Fsp3) is 0.714. The van der Waals surface area contributed by atoms with Gasteiger partial charge in [-0.1, -0.05) is 6.92 Å². The molecule has 5 nitrogen and oxygen atoms in total. The van der Waals surface area contributed by atoms with Crippen LogP contribution in [0.25, 0.3) is 0 Å². The van der Waals surface area contributed by atoms with Crippen molar-refractivity contribution in [3.05, 3.63) is 0 Å². The highest BCUT2D eigenvalue weighted by atomic mass is 19.1. The summed E-state index contributed by atoms with van der Waals surface area (Å²) in [6.45, 7) is 0.957. The molecular weight excluding hydrogens is 183 g/mol. The zero-order valence-corrected chi connectivity index (χ0v) is 7.41. The lowest BCUT2D eigenvalue weighted by molar-refractivity contribution is -0.151. The first kappa shape index (κ1) is 11.7. The molecule has 0 aromatic heterocycles. The number of esters is 1. The van der Waals surface area contributed by atoms with Crippen molar-refractivity contribution in [2.24, 2.45) is 0 Å². The Kier molecular flexibility index (Phi) is 5.58. The fourth-order valence-corrected chi connectivity index (χ4v) is 0.447. The summed E-state index contributed by atoms with van der Waals surface area (Å²) in [6, 6.07) is 0. The van der Waals surface area contributed by atoms with Crippen molar-refractivity contribution in [2.45, 2.75) is 19.7 Å². The molecular formula is C7H11FO5. The number of halogens is 1. The lowest BCUT2D eigenvalue weighted by Gasteiger charge is -2.08. The van der Waals surface area contributed by atoms with Crippen LogP contribution >= 0.6 is 0 Å². The summed E-state index contributed by atoms with van der Waals surface area (Å²) in [5, 5.41) is 0. The Hall–Kier alpha value is -1.33. The van der Waals surface area contributed by atoms with Gasteiger partial charge in [0.15, 0.2) is 6.61 Å². The van der Waals surface area contributed by atoms with Crippen LogP contribution in [0.5, 0.6) is 0 Å². The summed E-state index contributed by atoms with van der Waals surface area (Å²) in [5.41, 5.74) is 0. The lowest BCUT2D eigenvalue weighted by atomic mass is 10.5. The SMILES string of the molecule is CCC(=O)OCC(F)OC(=O)OC. The zero-order valence-electron chi connectivity index (χ0n) is 7.41. The molecule has 0 N–H and O–H groups in total. The molecule has 0 aromatic rings. The van der Waals surface area contributed by atoms with E-state index >= 15 is 0 Å². The van der Waals surface area contributed by atoms with Gasteiger partial charge in [0.05, 0.1) is 7.11 Å². The quantitative estimate of drug-likeness (QED) is 0.625. The van der Waals surface area contributed by atoms with Crippen molar-refractivity contribution in [1.29, 1.82) is 0 Å². The normalized spacial score (nSPS) is 11.6. The molecule has 0 saturated heterocycles. The number of carbonyl (C=O) groups is 2. The van der Waals surface area contributed by atoms with Gasteiger partial charge in [0.2, 0.25) is 0 Å². The van der Waals surface area contributed by atoms with Crippen LogP contribution in [0.2, 0.25) is 0 Å². The maximum Gasteiger partial charge on any atom is 0.510 e. The minimum atomic E-state index is -1.98. The van der Waals surface area contributed by atoms with Gasteiger partial charge in [0, 0.05) is 6.42 Å². The molecule has 0 aliphatic heterocycles. The first-order chi connectivity index (χ1) is 6.10. The summed E-state index contributed by atoms with van der Waals surface area (Å²) in [4.78, 5) is 20.8. The molecule has 0 amide bonds. The molecule has 0 radical (unpaired) electrons. The van der Waals surface area contributed by atoms with Crippen molar-refractivity contribution < 1.29 is 28.2 Å². The summed E-state index contributed by atoms with van der Waals surface area (Å²) in [6.07, 6.45) is -2.99. The Morgan fingerprint density at radius 2 is 2.08 bits per heavy atom. The second kappa shape index (κ2) is 6.22. The maximum atomic E-state index is 12.5. The highest BCUT2D eigenvalue weighted by Crippen LogP contribution is 1.98. The molecule has 0 aliphatic rings. The summed E-state index contributed by atoms with van der Waals surface area (Å²) < 4.78 is 24.9. The minimum absolute atomic E-state index is 0.144. The monoisotopic (exact) mass is 194 g/mol. The van der Waals surface area contributed by atoms with E-state index in [1.807, 2.05) is 0 Å². The highest BCUT2D eigenvalue weighted by Gasteiger charge is 2.14. The molecule has 0 heterocycles. The van der Waals surface area contributed by atoms with Crippen LogP contribution in [0, 0.1) is 0 Å². The molecule has 0 spiro atoms. The number of hydrogen-bond acceptors (Lipinski definition) is 5. The van der Waals surface area contributed by atoms with Gasteiger partial charge >= 0.3 is 12.1 Å². The topological polar surface area (TPSA) is 61.8 Å². The number of alkyl halides is 1. The van der Waals surface area contributed by atoms with E-state index in [0.29, 0.717) is 0 Å². The van der Waals surface area contributed by atoms with Crippen LogP contribution in [0.4, 0.5) is 9.18 Å². The molecule has 0 aliphatic carbocycles. The van der Waals surface area contributed by atoms with Gasteiger partial charge in [-0.2, -0.15) is 4.39 Å². The maximum absolute atomic E-state index is 12.5. The van der Waals surface area contributed by atoms with Crippen LogP contribution in [0.1, 0.15) is 13.3 Å². The van der Waals surface area contributed by atoms with E-state index < -0.39 is 25.1 Å². The zero-order chi connectivity index (χ0) is 10.3. The third-order valence-corrected chi connectivity index (χ3v) is 1.05. The van der Waals surface area contributed by atoms with E-state index in [4.69, 9.17) is 0 Å². The van der Waals surface area contributed by atoms with Crippen molar-refractivity contribution in [1.82, 2.24) is 0 Å². The summed E-state index contributed by atoms with van der Waals surface area (Å²) in [7, 11) is 1.05. The molecule has 6 heteroatoms. The standard InChI is InChI=1S/C7H11FO5/c1-3-6(9)12-4-5(8)13-7(10)11-2/h5H,3-4H2,1-2H3. The first-order valence-corrected chi connectivity index (χ1v) is 3.64. The van der Waals surface area contributed by atoms with E-state index in [0.717, 1.165) is 7.11 Å². The van der Waals surface area contributed by atoms with E-state index in [9.17, 15) is 14.0 Å². The van der Waals surface area contributed by atoms with Crippen molar-refractivity contribution in [3.63, 3.8) is 0 Å². The van der Waals surface area contributed by atoms with Gasteiger partial charge in [-0.3, -0.25) is 4.79 Å². The molecule has 76 valence electrons. The molecule has 0 fully saturated rings. The van der Waals surface area contributed by atoms with Crippen LogP contribution in [0.15, 0.2) is 0 Å². The average Bonchev–Trinajstić information content (AvgIpc) is 2.13. The Bertz CT molecular complexity index is 182. The fourth-order valence-electron chi connectivity index (χ4n) is 0.447. The number of ether oxygens (including phenoxy) is 3. The predicted molar refractivity (Wildman–Crippen MR) is 39.6 cm³/mol. The van der Waals surface area contributed by atoms with Crippen LogP contribution in [0.3, 0.4) is 0 Å². The molecule has 1 atom stereocenters. The molecule has 0 saturated carbocycles. The van der Waals surface area contributed by atoms with Crippen LogP contribution < -0.4 is 0 Å². The Morgan fingerprint density at radius 3 is 2.54 bits per heavy atom. The van der Waals surface area contributed by atoms with Gasteiger partial charge < -0.3 is 14.2 Å². The molecule has 1 unspecified atom stereocenters. The van der Waals surface area contributed by atoms with Crippen molar-refractivity contribution >= 4 is 12.1 Å². The lowest BCUT2D eigenvalue weighted by Crippen LogP contribution is -2.20. The van der Waals surface area contributed by atoms with Gasteiger partial charge in [0.1, 0.15) is 0 Å². The predicted octanol–water partition coefficient (Wildman–Crippen LogP) is 1.02. The number of hydrogen-bond donors (Lipinski definition) is 0. The van der Waals surface area contributed by atoms with Gasteiger partial charge in [0.25, 0.3) is 6.36 Å². The number of methoxy groups -OCH3 is 1. The van der Waals surface area contributed by atoms with Gasteiger partial charge in [-0.15, -0.1) is 0 Å². The van der Waals surface area contributed by atoms with Crippen molar-refractivity contribution in [3.8, 4) is 0 Å². The second-order valence-electron chi connectivity index (χ2n) is 2.02. The van der Waals surface area contributed by atoms with E-state index in [-0.39, 0.29) is 6.42 Å². The summed E-state index contributed by atoms with van der Waals surface area (Å²) in [5.74, 6) is -0.559. The molecule has 0 bridgehead atoms. The molecule has 0 aromatic carbocycles. The Morgan fingerprint density at radius 1 is 1.46 bits per heavy atom. The number of rotatable bonds is 4. The smallest absolute Gasteiger partial charge is 0.459 e. The highest BCUT2D eigenvalue weighted by molar-refractivity contribution is 5.68. The third kappa shape index (κ3) is 5.89. The van der Waals surface area contributed by atoms with Crippen LogP contribution in [-0.2, 0) is 19.0 Å². The summed E-state index contributed by atoms with van der Waals surface area (Å²) >= 11 is 0. The van der Waals surface area contributed by atoms with E-state index in [1.54, 1.807) is 6.92 Å². The second-order valence-corrected chi connectivity index (χ2v) is 2.02. The molecule has 13 heavy (non-hydrogen) atoms. The average molecular weight is 194 g/mol. The van der Waals surface area contributed by atoms with Crippen molar-refractivity contribution in [2.75, 3.05) is 13.7 Å².